The molecule has 0 bridgehead atoms. The summed E-state index contributed by atoms with van der Waals surface area (Å²) in [6, 6.07) is 12.7. The van der Waals surface area contributed by atoms with Gasteiger partial charge in [0.05, 0.1) is 0 Å². The molecule has 3 rings (SSSR count). The fourth-order valence-electron chi connectivity index (χ4n) is 4.54. The molecule has 35 heavy (non-hydrogen) atoms. The molecule has 2 aromatic carbocycles. The van der Waals surface area contributed by atoms with Crippen LogP contribution < -0.4 is 4.74 Å². The Kier molecular flexibility index (Phi) is 7.86. The zero-order valence-corrected chi connectivity index (χ0v) is 19.3. The number of ether oxygens (including phenoxy) is 1. The van der Waals surface area contributed by atoms with Crippen molar-refractivity contribution >= 4 is 5.97 Å². The summed E-state index contributed by atoms with van der Waals surface area (Å²) >= 11 is 0. The Morgan fingerprint density at radius 1 is 0.829 bits per heavy atom. The highest BCUT2D eigenvalue weighted by molar-refractivity contribution is 5.81. The third-order valence-electron chi connectivity index (χ3n) is 6.44. The Morgan fingerprint density at radius 3 is 1.77 bits per heavy atom. The highest BCUT2D eigenvalue weighted by Crippen LogP contribution is 2.47. The average molecular weight is 504 g/mol. The first-order chi connectivity index (χ1) is 16.2. The molecule has 0 aromatic heterocycles. The molecule has 1 fully saturated rings. The van der Waals surface area contributed by atoms with E-state index in [1.54, 1.807) is 0 Å². The predicted molar refractivity (Wildman–Crippen MR) is 118 cm³/mol. The smallest absolute Gasteiger partial charge is 0.422 e. The first-order valence-corrected chi connectivity index (χ1v) is 11.5. The molecule has 0 amide bonds. The lowest BCUT2D eigenvalue weighted by Crippen LogP contribution is -2.57. The number of halogens is 7. The third-order valence-corrected chi connectivity index (χ3v) is 6.44. The van der Waals surface area contributed by atoms with Crippen molar-refractivity contribution in [1.82, 2.24) is 0 Å². The molecule has 192 valence electrons. The summed E-state index contributed by atoms with van der Waals surface area (Å²) in [5.41, 5.74) is 2.65. The van der Waals surface area contributed by atoms with Crippen molar-refractivity contribution in [1.29, 1.82) is 0 Å². The van der Waals surface area contributed by atoms with E-state index in [4.69, 9.17) is 0 Å². The van der Waals surface area contributed by atoms with Crippen LogP contribution in [0.1, 0.15) is 57.4 Å². The van der Waals surface area contributed by atoms with Crippen molar-refractivity contribution in [3.05, 3.63) is 54.1 Å². The highest BCUT2D eigenvalue weighted by Gasteiger charge is 2.77. The van der Waals surface area contributed by atoms with Crippen LogP contribution in [0.25, 0.3) is 11.1 Å². The van der Waals surface area contributed by atoms with Gasteiger partial charge in [-0.3, -0.25) is 0 Å². The molecule has 1 aliphatic carbocycles. The average Bonchev–Trinajstić information content (AvgIpc) is 2.79. The molecule has 0 saturated heterocycles. The van der Waals surface area contributed by atoms with Gasteiger partial charge in [-0.1, -0.05) is 50.2 Å². The van der Waals surface area contributed by atoms with Gasteiger partial charge < -0.3 is 4.74 Å². The van der Waals surface area contributed by atoms with Gasteiger partial charge in [-0.2, -0.15) is 30.7 Å². The molecule has 1 saturated carbocycles. The summed E-state index contributed by atoms with van der Waals surface area (Å²) in [5.74, 6) is -14.2. The summed E-state index contributed by atoms with van der Waals surface area (Å²) in [6.07, 6.45) is -0.681. The second-order valence-corrected chi connectivity index (χ2v) is 9.53. The van der Waals surface area contributed by atoms with Gasteiger partial charge in [-0.15, -0.1) is 0 Å². The van der Waals surface area contributed by atoms with E-state index in [9.17, 15) is 35.5 Å². The minimum atomic E-state index is -6.61. The summed E-state index contributed by atoms with van der Waals surface area (Å²) < 4.78 is 93.7. The SMILES string of the molecule is CC(C)CC1CCC(c2ccc(-c3ccc(OC(=O)C(F)(F)C(F)(F)C(F)(F)F)cc3)cc2)CC1. The van der Waals surface area contributed by atoms with E-state index in [0.717, 1.165) is 36.5 Å². The largest absolute Gasteiger partial charge is 0.460 e. The molecule has 1 aliphatic rings. The van der Waals surface area contributed by atoms with E-state index in [0.29, 0.717) is 17.4 Å². The van der Waals surface area contributed by atoms with Crippen LogP contribution in [0.2, 0.25) is 0 Å². The second kappa shape index (κ2) is 10.2. The van der Waals surface area contributed by atoms with Gasteiger partial charge in [0.1, 0.15) is 5.75 Å². The predicted octanol–water partition coefficient (Wildman–Crippen LogP) is 8.41. The van der Waals surface area contributed by atoms with E-state index >= 15 is 0 Å². The van der Waals surface area contributed by atoms with Crippen molar-refractivity contribution < 1.29 is 40.3 Å². The molecule has 0 unspecified atom stereocenters. The fourth-order valence-corrected chi connectivity index (χ4v) is 4.54. The Morgan fingerprint density at radius 2 is 1.31 bits per heavy atom. The van der Waals surface area contributed by atoms with E-state index in [1.165, 1.54) is 37.0 Å². The standard InChI is InChI=1S/C26H27F7O2/c1-16(2)15-17-3-5-18(6-4-17)19-7-9-20(10-8-19)21-11-13-22(14-12-21)35-23(34)24(27,28)25(29,30)26(31,32)33/h7-14,16-18H,3-6,15H2,1-2H3. The van der Waals surface area contributed by atoms with Crippen LogP contribution in [0, 0.1) is 11.8 Å². The lowest BCUT2D eigenvalue weighted by molar-refractivity contribution is -0.346. The minimum absolute atomic E-state index is 0.491. The molecular weight excluding hydrogens is 477 g/mol. The molecule has 0 N–H and O–H groups in total. The zero-order valence-electron chi connectivity index (χ0n) is 19.3. The molecule has 2 aromatic rings. The number of hydrogen-bond donors (Lipinski definition) is 0. The molecule has 0 spiro atoms. The lowest BCUT2D eigenvalue weighted by atomic mass is 9.76. The topological polar surface area (TPSA) is 26.3 Å². The lowest BCUT2D eigenvalue weighted by Gasteiger charge is -2.29. The van der Waals surface area contributed by atoms with E-state index in [-0.39, 0.29) is 0 Å². The number of esters is 1. The molecule has 0 heterocycles. The molecule has 0 aliphatic heterocycles. The maximum Gasteiger partial charge on any atom is 0.460 e. The number of benzene rings is 2. The second-order valence-electron chi connectivity index (χ2n) is 9.53. The Hall–Kier alpha value is -2.58. The van der Waals surface area contributed by atoms with Gasteiger partial charge in [-0.05, 0) is 78.7 Å². The van der Waals surface area contributed by atoms with Crippen molar-refractivity contribution in [3.8, 4) is 16.9 Å². The summed E-state index contributed by atoms with van der Waals surface area (Å²) in [6.45, 7) is 4.48. The number of alkyl halides is 7. The van der Waals surface area contributed by atoms with E-state index in [1.807, 2.05) is 24.3 Å². The molecule has 0 atom stereocenters. The number of carbonyl (C=O) groups is 1. The van der Waals surface area contributed by atoms with Gasteiger partial charge in [-0.25, -0.2) is 4.79 Å². The highest BCUT2D eigenvalue weighted by atomic mass is 19.4. The Labute approximate surface area is 199 Å². The monoisotopic (exact) mass is 504 g/mol. The zero-order chi connectivity index (χ0) is 26.0. The van der Waals surface area contributed by atoms with Crippen LogP contribution in [0.3, 0.4) is 0 Å². The number of carbonyl (C=O) groups excluding carboxylic acids is 1. The van der Waals surface area contributed by atoms with Crippen molar-refractivity contribution in [2.75, 3.05) is 0 Å². The van der Waals surface area contributed by atoms with Crippen LogP contribution in [-0.4, -0.2) is 24.0 Å². The van der Waals surface area contributed by atoms with Crippen LogP contribution in [0.4, 0.5) is 30.7 Å². The Bertz CT molecular complexity index is 988. The quantitative estimate of drug-likeness (QED) is 0.215. The normalized spacial score (nSPS) is 19.6. The van der Waals surface area contributed by atoms with Gasteiger partial charge in [0.2, 0.25) is 0 Å². The van der Waals surface area contributed by atoms with Gasteiger partial charge >= 0.3 is 24.0 Å². The molecule has 2 nitrogen and oxygen atoms in total. The molecule has 0 radical (unpaired) electrons. The summed E-state index contributed by atoms with van der Waals surface area (Å²) in [4.78, 5) is 11.4. The van der Waals surface area contributed by atoms with E-state index < -0.39 is 29.7 Å². The number of hydrogen-bond acceptors (Lipinski definition) is 2. The number of rotatable bonds is 7. The van der Waals surface area contributed by atoms with Crippen LogP contribution >= 0.6 is 0 Å². The van der Waals surface area contributed by atoms with Crippen LogP contribution in [0.5, 0.6) is 5.75 Å². The molecule has 9 heteroatoms. The fraction of sp³-hybridized carbons (Fsp3) is 0.500. The Balaban J connectivity index is 1.63. The van der Waals surface area contributed by atoms with Crippen LogP contribution in [0.15, 0.2) is 48.5 Å². The van der Waals surface area contributed by atoms with Gasteiger partial charge in [0.25, 0.3) is 0 Å². The van der Waals surface area contributed by atoms with Crippen molar-refractivity contribution in [3.63, 3.8) is 0 Å². The minimum Gasteiger partial charge on any atom is -0.422 e. The third kappa shape index (κ3) is 5.98. The summed E-state index contributed by atoms with van der Waals surface area (Å²) in [7, 11) is 0. The maximum absolute atomic E-state index is 13.4. The van der Waals surface area contributed by atoms with E-state index in [2.05, 4.69) is 18.6 Å². The molecular formula is C26H27F7O2. The van der Waals surface area contributed by atoms with Crippen LogP contribution in [-0.2, 0) is 4.79 Å². The van der Waals surface area contributed by atoms with Crippen molar-refractivity contribution in [2.45, 2.75) is 69.9 Å². The maximum atomic E-state index is 13.4. The van der Waals surface area contributed by atoms with Gasteiger partial charge in [0, 0.05) is 0 Å². The summed E-state index contributed by atoms with van der Waals surface area (Å²) in [5, 5.41) is 0. The first-order valence-electron chi connectivity index (χ1n) is 11.5. The first kappa shape index (κ1) is 27.0. The van der Waals surface area contributed by atoms with Crippen molar-refractivity contribution in [2.24, 2.45) is 11.8 Å². The van der Waals surface area contributed by atoms with Gasteiger partial charge in [0.15, 0.2) is 0 Å².